The molecule has 0 atom stereocenters. The maximum atomic E-state index is 11.0. The van der Waals surface area contributed by atoms with Crippen molar-refractivity contribution >= 4 is 28.6 Å². The second kappa shape index (κ2) is 6.58. The van der Waals surface area contributed by atoms with Gasteiger partial charge in [-0.15, -0.1) is 22.9 Å². The van der Waals surface area contributed by atoms with Crippen molar-refractivity contribution in [2.75, 3.05) is 7.11 Å². The average Bonchev–Trinajstić information content (AvgIpc) is 2.97. The lowest BCUT2D eigenvalue weighted by atomic mass is 10.2. The molecule has 0 spiro atoms. The quantitative estimate of drug-likeness (QED) is 0.459. The van der Waals surface area contributed by atoms with E-state index in [1.807, 2.05) is 17.5 Å². The number of alkyl halides is 1. The van der Waals surface area contributed by atoms with Gasteiger partial charge in [-0.2, -0.15) is 0 Å². The van der Waals surface area contributed by atoms with Crippen LogP contribution < -0.4 is 9.47 Å². The number of nitrogens with zero attached hydrogens (tertiary/aromatic N) is 1. The van der Waals surface area contributed by atoms with Gasteiger partial charge in [-0.25, -0.2) is 0 Å². The van der Waals surface area contributed by atoms with E-state index in [2.05, 4.69) is 0 Å². The largest absolute Gasteiger partial charge is 0.493 e. The summed E-state index contributed by atoms with van der Waals surface area (Å²) in [5.74, 6) is 0.807. The molecule has 0 aliphatic carbocycles. The van der Waals surface area contributed by atoms with Gasteiger partial charge in [0.25, 0.3) is 5.69 Å². The van der Waals surface area contributed by atoms with Gasteiger partial charge in [0.05, 0.1) is 24.0 Å². The molecule has 0 amide bonds. The Morgan fingerprint density at radius 1 is 1.40 bits per heavy atom. The van der Waals surface area contributed by atoms with Crippen LogP contribution in [0.25, 0.3) is 0 Å². The van der Waals surface area contributed by atoms with Gasteiger partial charge in [-0.3, -0.25) is 10.1 Å². The summed E-state index contributed by atoms with van der Waals surface area (Å²) in [6.45, 7) is 0.339. The predicted octanol–water partition coefficient (Wildman–Crippen LogP) is 3.98. The van der Waals surface area contributed by atoms with Crippen LogP contribution in [0.4, 0.5) is 5.69 Å². The third kappa shape index (κ3) is 3.20. The number of thiophene rings is 1. The summed E-state index contributed by atoms with van der Waals surface area (Å²) in [6.07, 6.45) is 0. The Labute approximate surface area is 124 Å². The van der Waals surface area contributed by atoms with Crippen LogP contribution in [-0.4, -0.2) is 12.0 Å². The average molecular weight is 314 g/mol. The summed E-state index contributed by atoms with van der Waals surface area (Å²) in [7, 11) is 1.48. The first-order valence-electron chi connectivity index (χ1n) is 5.72. The van der Waals surface area contributed by atoms with Crippen molar-refractivity contribution in [1.29, 1.82) is 0 Å². The Balaban J connectivity index is 2.30. The third-order valence-corrected chi connectivity index (χ3v) is 3.79. The molecule has 1 aromatic carbocycles. The van der Waals surface area contributed by atoms with Gasteiger partial charge >= 0.3 is 0 Å². The smallest absolute Gasteiger partial charge is 0.277 e. The normalized spacial score (nSPS) is 10.3. The van der Waals surface area contributed by atoms with Crippen LogP contribution in [0.3, 0.4) is 0 Å². The SMILES string of the molecule is COc1cc(CCl)c([N+](=O)[O-])cc1OCc1cccs1. The summed E-state index contributed by atoms with van der Waals surface area (Å²) in [6, 6.07) is 6.73. The minimum Gasteiger partial charge on any atom is -0.493 e. The first-order valence-corrected chi connectivity index (χ1v) is 7.13. The summed E-state index contributed by atoms with van der Waals surface area (Å²) in [4.78, 5) is 11.6. The van der Waals surface area contributed by atoms with Gasteiger partial charge < -0.3 is 9.47 Å². The summed E-state index contributed by atoms with van der Waals surface area (Å²) < 4.78 is 10.8. The van der Waals surface area contributed by atoms with Crippen LogP contribution in [-0.2, 0) is 12.5 Å². The van der Waals surface area contributed by atoms with Gasteiger partial charge in [0.15, 0.2) is 11.5 Å². The molecule has 1 aromatic heterocycles. The molecule has 0 aliphatic heterocycles. The fraction of sp³-hybridized carbons (Fsp3) is 0.231. The minimum atomic E-state index is -0.477. The van der Waals surface area contributed by atoms with Crippen molar-refractivity contribution in [2.24, 2.45) is 0 Å². The molecule has 0 unspecified atom stereocenters. The second-order valence-electron chi connectivity index (χ2n) is 3.89. The van der Waals surface area contributed by atoms with Crippen LogP contribution >= 0.6 is 22.9 Å². The van der Waals surface area contributed by atoms with E-state index < -0.39 is 4.92 Å². The fourth-order valence-electron chi connectivity index (χ4n) is 1.68. The van der Waals surface area contributed by atoms with E-state index in [-0.39, 0.29) is 11.6 Å². The number of benzene rings is 1. The predicted molar refractivity (Wildman–Crippen MR) is 77.9 cm³/mol. The summed E-state index contributed by atoms with van der Waals surface area (Å²) in [5.41, 5.74) is 0.332. The van der Waals surface area contributed by atoms with Gasteiger partial charge in [-0.1, -0.05) is 6.07 Å². The van der Waals surface area contributed by atoms with Crippen LogP contribution in [0.2, 0.25) is 0 Å². The number of hydrogen-bond donors (Lipinski definition) is 0. The second-order valence-corrected chi connectivity index (χ2v) is 5.19. The molecule has 20 heavy (non-hydrogen) atoms. The molecular formula is C13H12ClNO4S. The first kappa shape index (κ1) is 14.6. The van der Waals surface area contributed by atoms with Gasteiger partial charge in [0.2, 0.25) is 0 Å². The number of nitro groups is 1. The molecule has 1 heterocycles. The highest BCUT2D eigenvalue weighted by Gasteiger charge is 2.19. The summed E-state index contributed by atoms with van der Waals surface area (Å²) in [5, 5.41) is 13.0. The highest BCUT2D eigenvalue weighted by Crippen LogP contribution is 2.36. The molecule has 0 fully saturated rings. The Morgan fingerprint density at radius 2 is 2.20 bits per heavy atom. The van der Waals surface area contributed by atoms with Crippen molar-refractivity contribution in [3.63, 3.8) is 0 Å². The molecule has 0 bridgehead atoms. The van der Waals surface area contributed by atoms with Crippen molar-refractivity contribution in [3.8, 4) is 11.5 Å². The third-order valence-electron chi connectivity index (χ3n) is 2.66. The molecule has 2 rings (SSSR count). The van der Waals surface area contributed by atoms with Crippen molar-refractivity contribution < 1.29 is 14.4 Å². The summed E-state index contributed by atoms with van der Waals surface area (Å²) >= 11 is 7.27. The highest BCUT2D eigenvalue weighted by molar-refractivity contribution is 7.09. The van der Waals surface area contributed by atoms with Gasteiger partial charge in [0.1, 0.15) is 6.61 Å². The lowest BCUT2D eigenvalue weighted by Crippen LogP contribution is -2.00. The van der Waals surface area contributed by atoms with E-state index >= 15 is 0 Å². The molecule has 0 radical (unpaired) electrons. The number of ether oxygens (including phenoxy) is 2. The highest BCUT2D eigenvalue weighted by atomic mass is 35.5. The lowest BCUT2D eigenvalue weighted by Gasteiger charge is -2.11. The molecule has 2 aromatic rings. The monoisotopic (exact) mass is 313 g/mol. The molecule has 106 valence electrons. The molecule has 0 N–H and O–H groups in total. The Kier molecular flexibility index (Phi) is 4.81. The van der Waals surface area contributed by atoms with Crippen LogP contribution in [0.1, 0.15) is 10.4 Å². The molecule has 7 heteroatoms. The first-order chi connectivity index (χ1) is 9.65. The van der Waals surface area contributed by atoms with E-state index in [1.54, 1.807) is 11.3 Å². The van der Waals surface area contributed by atoms with Crippen LogP contribution in [0.15, 0.2) is 29.6 Å². The number of halogens is 1. The molecule has 0 saturated heterocycles. The topological polar surface area (TPSA) is 61.6 Å². The van der Waals surface area contributed by atoms with Gasteiger partial charge in [0, 0.05) is 10.4 Å². The zero-order valence-corrected chi connectivity index (χ0v) is 12.2. The van der Waals surface area contributed by atoms with Crippen molar-refractivity contribution in [3.05, 3.63) is 50.2 Å². The number of nitro benzene ring substituents is 1. The zero-order chi connectivity index (χ0) is 14.5. The zero-order valence-electron chi connectivity index (χ0n) is 10.7. The molecular weight excluding hydrogens is 302 g/mol. The number of hydrogen-bond acceptors (Lipinski definition) is 5. The van der Waals surface area contributed by atoms with E-state index in [1.165, 1.54) is 19.2 Å². The lowest BCUT2D eigenvalue weighted by molar-refractivity contribution is -0.385. The number of methoxy groups -OCH3 is 1. The van der Waals surface area contributed by atoms with E-state index in [0.717, 1.165) is 4.88 Å². The molecule has 0 aliphatic rings. The van der Waals surface area contributed by atoms with E-state index in [9.17, 15) is 10.1 Å². The Morgan fingerprint density at radius 3 is 2.75 bits per heavy atom. The maximum Gasteiger partial charge on any atom is 0.277 e. The Hall–Kier alpha value is -1.79. The molecule has 0 saturated carbocycles. The van der Waals surface area contributed by atoms with Crippen molar-refractivity contribution in [2.45, 2.75) is 12.5 Å². The standard InChI is InChI=1S/C13H12ClNO4S/c1-18-12-5-9(7-14)11(15(16)17)6-13(12)19-8-10-3-2-4-20-10/h2-6H,7-8H2,1H3. The van der Waals surface area contributed by atoms with Crippen LogP contribution in [0, 0.1) is 10.1 Å². The number of rotatable bonds is 6. The maximum absolute atomic E-state index is 11.0. The minimum absolute atomic E-state index is 0.0396. The van der Waals surface area contributed by atoms with Crippen molar-refractivity contribution in [1.82, 2.24) is 0 Å². The van der Waals surface area contributed by atoms with E-state index in [4.69, 9.17) is 21.1 Å². The Bertz CT molecular complexity index is 601. The molecule has 5 nitrogen and oxygen atoms in total. The van der Waals surface area contributed by atoms with Crippen LogP contribution in [0.5, 0.6) is 11.5 Å². The van der Waals surface area contributed by atoms with Gasteiger partial charge in [-0.05, 0) is 17.5 Å². The van der Waals surface area contributed by atoms with E-state index in [0.29, 0.717) is 23.7 Å². The fourth-order valence-corrected chi connectivity index (χ4v) is 2.51.